The van der Waals surface area contributed by atoms with Crippen molar-refractivity contribution in [1.82, 2.24) is 15.5 Å². The van der Waals surface area contributed by atoms with Crippen molar-refractivity contribution in [2.24, 2.45) is 5.92 Å². The molecular formula is C15H25N3O2. The Balaban J connectivity index is 1.72. The molecule has 2 aliphatic rings. The molecule has 1 saturated carbocycles. The van der Waals surface area contributed by atoms with Gasteiger partial charge in [0.25, 0.3) is 0 Å². The largest absolute Gasteiger partial charge is 0.381 e. The van der Waals surface area contributed by atoms with Gasteiger partial charge in [-0.1, -0.05) is 24.9 Å². The third-order valence-electron chi connectivity index (χ3n) is 4.80. The Morgan fingerprint density at radius 3 is 2.95 bits per heavy atom. The van der Waals surface area contributed by atoms with Gasteiger partial charge in [-0.05, 0) is 32.2 Å². The van der Waals surface area contributed by atoms with Crippen molar-refractivity contribution in [2.75, 3.05) is 20.3 Å². The van der Waals surface area contributed by atoms with Crippen LogP contribution in [0.2, 0.25) is 0 Å². The molecule has 0 spiro atoms. The standard InChI is InChI=1S/C15H25N3O2/c1-10-4-3-5-11(8-10)14-17-15(20-18-14)12-9-19-7-6-13(12)16-2/h10-13,16H,3-9H2,1-2H3. The molecule has 2 heterocycles. The lowest BCUT2D eigenvalue weighted by molar-refractivity contribution is 0.0516. The van der Waals surface area contributed by atoms with Crippen molar-refractivity contribution in [3.63, 3.8) is 0 Å². The van der Waals surface area contributed by atoms with Crippen LogP contribution in [0.4, 0.5) is 0 Å². The van der Waals surface area contributed by atoms with E-state index in [1.54, 1.807) is 0 Å². The summed E-state index contributed by atoms with van der Waals surface area (Å²) in [5.41, 5.74) is 0. The third kappa shape index (κ3) is 2.88. The minimum atomic E-state index is 0.191. The molecule has 4 atom stereocenters. The molecule has 112 valence electrons. The average Bonchev–Trinajstić information content (AvgIpc) is 2.97. The Kier molecular flexibility index (Phi) is 4.36. The highest BCUT2D eigenvalue weighted by molar-refractivity contribution is 5.04. The average molecular weight is 279 g/mol. The first-order chi connectivity index (χ1) is 9.78. The van der Waals surface area contributed by atoms with Gasteiger partial charge >= 0.3 is 0 Å². The number of likely N-dealkylation sites (N-methyl/N-ethyl adjacent to an activating group) is 1. The summed E-state index contributed by atoms with van der Waals surface area (Å²) in [5, 5.41) is 7.59. The molecule has 4 unspecified atom stereocenters. The second kappa shape index (κ2) is 6.22. The summed E-state index contributed by atoms with van der Waals surface area (Å²) in [5.74, 6) is 3.10. The molecule has 5 nitrogen and oxygen atoms in total. The van der Waals surface area contributed by atoms with Gasteiger partial charge in [-0.3, -0.25) is 0 Å². The maximum absolute atomic E-state index is 5.57. The first kappa shape index (κ1) is 14.0. The van der Waals surface area contributed by atoms with Crippen LogP contribution in [0.5, 0.6) is 0 Å². The van der Waals surface area contributed by atoms with Crippen molar-refractivity contribution in [2.45, 2.75) is 56.9 Å². The molecule has 2 fully saturated rings. The van der Waals surface area contributed by atoms with Gasteiger partial charge in [0.05, 0.1) is 12.5 Å². The van der Waals surface area contributed by atoms with E-state index in [0.29, 0.717) is 18.6 Å². The van der Waals surface area contributed by atoms with Crippen LogP contribution in [0.1, 0.15) is 62.6 Å². The van der Waals surface area contributed by atoms with Crippen molar-refractivity contribution < 1.29 is 9.26 Å². The van der Waals surface area contributed by atoms with Crippen molar-refractivity contribution in [1.29, 1.82) is 0 Å². The van der Waals surface area contributed by atoms with E-state index in [1.165, 1.54) is 25.7 Å². The highest BCUT2D eigenvalue weighted by atomic mass is 16.5. The number of nitrogens with zero attached hydrogens (tertiary/aromatic N) is 2. The fraction of sp³-hybridized carbons (Fsp3) is 0.867. The van der Waals surface area contributed by atoms with E-state index in [9.17, 15) is 0 Å². The zero-order chi connectivity index (χ0) is 13.9. The molecule has 0 aromatic carbocycles. The summed E-state index contributed by atoms with van der Waals surface area (Å²) >= 11 is 0. The first-order valence-electron chi connectivity index (χ1n) is 7.86. The Labute approximate surface area is 120 Å². The normalized spacial score (nSPS) is 35.1. The maximum atomic E-state index is 5.57. The van der Waals surface area contributed by atoms with E-state index in [1.807, 2.05) is 7.05 Å². The van der Waals surface area contributed by atoms with Gasteiger partial charge in [0, 0.05) is 18.6 Å². The van der Waals surface area contributed by atoms with Gasteiger partial charge in [-0.15, -0.1) is 0 Å². The lowest BCUT2D eigenvalue weighted by Gasteiger charge is -2.28. The summed E-state index contributed by atoms with van der Waals surface area (Å²) in [4.78, 5) is 4.69. The third-order valence-corrected chi connectivity index (χ3v) is 4.80. The lowest BCUT2D eigenvalue weighted by atomic mass is 9.82. The minimum absolute atomic E-state index is 0.191. The van der Waals surface area contributed by atoms with Gasteiger partial charge in [0.2, 0.25) is 5.89 Å². The van der Waals surface area contributed by atoms with E-state index in [4.69, 9.17) is 14.2 Å². The molecule has 0 radical (unpaired) electrons. The quantitative estimate of drug-likeness (QED) is 0.921. The predicted octanol–water partition coefficient (Wildman–Crippen LogP) is 2.46. The van der Waals surface area contributed by atoms with Crippen LogP contribution in [-0.4, -0.2) is 36.4 Å². The number of aromatic nitrogens is 2. The Bertz CT molecular complexity index is 435. The van der Waals surface area contributed by atoms with Gasteiger partial charge in [0.15, 0.2) is 5.82 Å². The van der Waals surface area contributed by atoms with E-state index >= 15 is 0 Å². The van der Waals surface area contributed by atoms with Crippen LogP contribution in [0.3, 0.4) is 0 Å². The molecule has 1 aromatic heterocycles. The highest BCUT2D eigenvalue weighted by Crippen LogP contribution is 2.35. The van der Waals surface area contributed by atoms with Crippen LogP contribution < -0.4 is 5.32 Å². The number of ether oxygens (including phenoxy) is 1. The van der Waals surface area contributed by atoms with Gasteiger partial charge < -0.3 is 14.6 Å². The molecule has 20 heavy (non-hydrogen) atoms. The van der Waals surface area contributed by atoms with Crippen LogP contribution in [-0.2, 0) is 4.74 Å². The molecular weight excluding hydrogens is 254 g/mol. The van der Waals surface area contributed by atoms with Gasteiger partial charge in [0.1, 0.15) is 0 Å². The number of hydrogen-bond donors (Lipinski definition) is 1. The summed E-state index contributed by atoms with van der Waals surface area (Å²) in [6.45, 7) is 3.80. The van der Waals surface area contributed by atoms with Crippen LogP contribution in [0, 0.1) is 5.92 Å². The van der Waals surface area contributed by atoms with Crippen molar-refractivity contribution in [3.8, 4) is 0 Å². The van der Waals surface area contributed by atoms with Gasteiger partial charge in [-0.2, -0.15) is 4.98 Å². The zero-order valence-electron chi connectivity index (χ0n) is 12.5. The molecule has 0 amide bonds. The summed E-state index contributed by atoms with van der Waals surface area (Å²) in [6.07, 6.45) is 6.00. The van der Waals surface area contributed by atoms with Crippen LogP contribution in [0.25, 0.3) is 0 Å². The van der Waals surface area contributed by atoms with E-state index in [0.717, 1.165) is 30.7 Å². The first-order valence-corrected chi connectivity index (χ1v) is 7.86. The summed E-state index contributed by atoms with van der Waals surface area (Å²) in [6, 6.07) is 0.377. The van der Waals surface area contributed by atoms with E-state index in [-0.39, 0.29) is 5.92 Å². The summed E-state index contributed by atoms with van der Waals surface area (Å²) < 4.78 is 11.1. The van der Waals surface area contributed by atoms with Crippen molar-refractivity contribution >= 4 is 0 Å². The minimum Gasteiger partial charge on any atom is -0.381 e. The van der Waals surface area contributed by atoms with Crippen LogP contribution in [0.15, 0.2) is 4.52 Å². The van der Waals surface area contributed by atoms with Crippen LogP contribution >= 0.6 is 0 Å². The number of hydrogen-bond acceptors (Lipinski definition) is 5. The topological polar surface area (TPSA) is 60.2 Å². The molecule has 0 bridgehead atoms. The SMILES string of the molecule is CNC1CCOCC1c1nc(C2CCCC(C)C2)no1. The monoisotopic (exact) mass is 279 g/mol. The molecule has 3 rings (SSSR count). The molecule has 5 heteroatoms. The second-order valence-corrected chi connectivity index (χ2v) is 6.32. The summed E-state index contributed by atoms with van der Waals surface area (Å²) in [7, 11) is 1.99. The Morgan fingerprint density at radius 2 is 2.15 bits per heavy atom. The molecule has 1 N–H and O–H groups in total. The van der Waals surface area contributed by atoms with Gasteiger partial charge in [-0.25, -0.2) is 0 Å². The number of nitrogens with one attached hydrogen (secondary N) is 1. The fourth-order valence-electron chi connectivity index (χ4n) is 3.56. The highest BCUT2D eigenvalue weighted by Gasteiger charge is 2.32. The smallest absolute Gasteiger partial charge is 0.233 e. The molecule has 1 aromatic rings. The molecule has 1 aliphatic heterocycles. The second-order valence-electron chi connectivity index (χ2n) is 6.32. The Morgan fingerprint density at radius 1 is 1.25 bits per heavy atom. The molecule has 1 saturated heterocycles. The Hall–Kier alpha value is -0.940. The molecule has 1 aliphatic carbocycles. The van der Waals surface area contributed by atoms with E-state index in [2.05, 4.69) is 17.4 Å². The maximum Gasteiger partial charge on any atom is 0.233 e. The number of rotatable bonds is 3. The fourth-order valence-corrected chi connectivity index (χ4v) is 3.56. The van der Waals surface area contributed by atoms with Crippen molar-refractivity contribution in [3.05, 3.63) is 11.7 Å². The predicted molar refractivity (Wildman–Crippen MR) is 75.7 cm³/mol. The van der Waals surface area contributed by atoms with E-state index < -0.39 is 0 Å². The lowest BCUT2D eigenvalue weighted by Crippen LogP contribution is -2.39. The zero-order valence-corrected chi connectivity index (χ0v) is 12.5.